The first-order valence-corrected chi connectivity index (χ1v) is 8.28. The number of thiophene rings is 1. The average Bonchev–Trinajstić information content (AvgIpc) is 2.83. The summed E-state index contributed by atoms with van der Waals surface area (Å²) in [4.78, 5) is 37.0. The first-order valence-electron chi connectivity index (χ1n) is 7.46. The molecule has 0 unspecified atom stereocenters. The molecule has 1 N–H and O–H groups in total. The lowest BCUT2D eigenvalue weighted by molar-refractivity contribution is 0.0601. The fraction of sp³-hybridized carbons (Fsp3) is 0.375. The van der Waals surface area contributed by atoms with E-state index in [0.29, 0.717) is 17.1 Å². The number of rotatable bonds is 5. The smallest absolute Gasteiger partial charge is 0.341 e. The van der Waals surface area contributed by atoms with Crippen LogP contribution in [0.2, 0.25) is 0 Å². The maximum Gasteiger partial charge on any atom is 0.341 e. The Hall–Kier alpha value is -2.48. The largest absolute Gasteiger partial charge is 0.465 e. The Kier molecular flexibility index (Phi) is 5.50. The predicted molar refractivity (Wildman–Crippen MR) is 91.9 cm³/mol. The summed E-state index contributed by atoms with van der Waals surface area (Å²) in [6.07, 6.45) is 0.730. The minimum Gasteiger partial charge on any atom is -0.465 e. The zero-order chi connectivity index (χ0) is 17.9. The van der Waals surface area contributed by atoms with Crippen LogP contribution in [0.15, 0.2) is 16.9 Å². The van der Waals surface area contributed by atoms with E-state index < -0.39 is 11.9 Å². The van der Waals surface area contributed by atoms with Gasteiger partial charge < -0.3 is 10.1 Å². The Morgan fingerprint density at radius 3 is 2.67 bits per heavy atom. The van der Waals surface area contributed by atoms with E-state index in [-0.39, 0.29) is 11.3 Å². The SMILES string of the molecule is CCCn1nc(C(=O)Nc2sc(C)c(C)c2C(=O)OC)ccc1=O. The Bertz CT molecular complexity index is 838. The van der Waals surface area contributed by atoms with Gasteiger partial charge in [-0.15, -0.1) is 11.3 Å². The summed E-state index contributed by atoms with van der Waals surface area (Å²) >= 11 is 1.30. The molecule has 0 aliphatic heterocycles. The number of nitrogens with zero attached hydrogens (tertiary/aromatic N) is 2. The number of ether oxygens (including phenoxy) is 1. The van der Waals surface area contributed by atoms with Crippen molar-refractivity contribution < 1.29 is 14.3 Å². The van der Waals surface area contributed by atoms with Crippen molar-refractivity contribution in [2.45, 2.75) is 33.7 Å². The first-order chi connectivity index (χ1) is 11.4. The van der Waals surface area contributed by atoms with Crippen LogP contribution in [0.4, 0.5) is 5.00 Å². The highest BCUT2D eigenvalue weighted by Crippen LogP contribution is 2.33. The molecule has 1 amide bonds. The number of hydrogen-bond donors (Lipinski definition) is 1. The van der Waals surface area contributed by atoms with Crippen molar-refractivity contribution >= 4 is 28.2 Å². The van der Waals surface area contributed by atoms with Gasteiger partial charge in [-0.25, -0.2) is 9.48 Å². The van der Waals surface area contributed by atoms with Crippen molar-refractivity contribution in [2.75, 3.05) is 12.4 Å². The van der Waals surface area contributed by atoms with Crippen molar-refractivity contribution in [3.05, 3.63) is 44.2 Å². The normalized spacial score (nSPS) is 10.5. The quantitative estimate of drug-likeness (QED) is 0.837. The number of aryl methyl sites for hydroxylation is 2. The van der Waals surface area contributed by atoms with Crippen molar-refractivity contribution in [2.24, 2.45) is 0 Å². The lowest BCUT2D eigenvalue weighted by Gasteiger charge is -2.07. The minimum atomic E-state index is -0.504. The number of carbonyl (C=O) groups is 2. The van der Waals surface area contributed by atoms with E-state index in [1.807, 2.05) is 13.8 Å². The molecule has 7 nitrogen and oxygen atoms in total. The van der Waals surface area contributed by atoms with Gasteiger partial charge >= 0.3 is 5.97 Å². The van der Waals surface area contributed by atoms with Crippen LogP contribution in [0.25, 0.3) is 0 Å². The van der Waals surface area contributed by atoms with E-state index >= 15 is 0 Å². The highest BCUT2D eigenvalue weighted by Gasteiger charge is 2.22. The third-order valence-electron chi connectivity index (χ3n) is 3.54. The molecule has 0 radical (unpaired) electrons. The number of methoxy groups -OCH3 is 1. The van der Waals surface area contributed by atoms with Crippen LogP contribution in [0, 0.1) is 13.8 Å². The summed E-state index contributed by atoms with van der Waals surface area (Å²) in [5.74, 6) is -0.984. The Balaban J connectivity index is 2.34. The molecule has 24 heavy (non-hydrogen) atoms. The van der Waals surface area contributed by atoms with Gasteiger partial charge in [-0.05, 0) is 31.9 Å². The van der Waals surface area contributed by atoms with Gasteiger partial charge in [-0.2, -0.15) is 5.10 Å². The van der Waals surface area contributed by atoms with Gasteiger partial charge in [0, 0.05) is 17.5 Å². The summed E-state index contributed by atoms with van der Waals surface area (Å²) in [6.45, 7) is 6.01. The maximum absolute atomic E-state index is 12.4. The molecule has 2 rings (SSSR count). The van der Waals surface area contributed by atoms with Gasteiger partial charge in [0.2, 0.25) is 0 Å². The summed E-state index contributed by atoms with van der Waals surface area (Å²) < 4.78 is 6.03. The van der Waals surface area contributed by atoms with Gasteiger partial charge in [0.05, 0.1) is 12.7 Å². The summed E-state index contributed by atoms with van der Waals surface area (Å²) in [5.41, 5.74) is 0.968. The number of amides is 1. The van der Waals surface area contributed by atoms with Crippen molar-refractivity contribution in [3.63, 3.8) is 0 Å². The zero-order valence-electron chi connectivity index (χ0n) is 14.0. The molecule has 2 heterocycles. The monoisotopic (exact) mass is 349 g/mol. The standard InChI is InChI=1S/C16H19N3O4S/c1-5-8-19-12(20)7-6-11(18-19)14(21)17-15-13(16(22)23-4)9(2)10(3)24-15/h6-7H,5,8H2,1-4H3,(H,17,21). The van der Waals surface area contributed by atoms with E-state index in [0.717, 1.165) is 16.9 Å². The molecule has 0 atom stereocenters. The van der Waals surface area contributed by atoms with Crippen LogP contribution in [-0.4, -0.2) is 28.8 Å². The average molecular weight is 349 g/mol. The molecule has 0 aromatic carbocycles. The van der Waals surface area contributed by atoms with Gasteiger partial charge in [0.25, 0.3) is 11.5 Å². The van der Waals surface area contributed by atoms with Crippen molar-refractivity contribution in [1.82, 2.24) is 9.78 Å². The number of hydrogen-bond acceptors (Lipinski definition) is 6. The number of anilines is 1. The molecule has 128 valence electrons. The second-order valence-electron chi connectivity index (χ2n) is 5.21. The van der Waals surface area contributed by atoms with Gasteiger partial charge in [-0.3, -0.25) is 9.59 Å². The van der Waals surface area contributed by atoms with Crippen molar-refractivity contribution in [3.8, 4) is 0 Å². The Labute approximate surface area is 143 Å². The molecule has 2 aromatic heterocycles. The van der Waals surface area contributed by atoms with Crippen LogP contribution < -0.4 is 10.9 Å². The molecule has 0 fully saturated rings. The van der Waals surface area contributed by atoms with Crippen LogP contribution in [-0.2, 0) is 11.3 Å². The Morgan fingerprint density at radius 2 is 2.04 bits per heavy atom. The predicted octanol–water partition coefficient (Wildman–Crippen LogP) is 2.37. The van der Waals surface area contributed by atoms with E-state index in [1.54, 1.807) is 6.92 Å². The van der Waals surface area contributed by atoms with Crippen LogP contribution in [0.1, 0.15) is 44.6 Å². The van der Waals surface area contributed by atoms with E-state index in [2.05, 4.69) is 10.4 Å². The van der Waals surface area contributed by atoms with Gasteiger partial charge in [-0.1, -0.05) is 6.92 Å². The fourth-order valence-corrected chi connectivity index (χ4v) is 3.22. The van der Waals surface area contributed by atoms with Crippen LogP contribution in [0.3, 0.4) is 0 Å². The highest BCUT2D eigenvalue weighted by molar-refractivity contribution is 7.16. The zero-order valence-corrected chi connectivity index (χ0v) is 14.8. The van der Waals surface area contributed by atoms with Crippen molar-refractivity contribution in [1.29, 1.82) is 0 Å². The molecule has 0 spiro atoms. The number of nitrogens with one attached hydrogen (secondary N) is 1. The van der Waals surface area contributed by atoms with Gasteiger partial charge in [0.1, 0.15) is 10.7 Å². The second-order valence-corrected chi connectivity index (χ2v) is 6.44. The topological polar surface area (TPSA) is 90.3 Å². The minimum absolute atomic E-state index is 0.113. The number of esters is 1. The first kappa shape index (κ1) is 17.9. The number of carbonyl (C=O) groups excluding carboxylic acids is 2. The van der Waals surface area contributed by atoms with Crippen LogP contribution >= 0.6 is 11.3 Å². The van der Waals surface area contributed by atoms with Crippen LogP contribution in [0.5, 0.6) is 0 Å². The van der Waals surface area contributed by atoms with E-state index in [9.17, 15) is 14.4 Å². The number of aromatic nitrogens is 2. The summed E-state index contributed by atoms with van der Waals surface area (Å²) in [6, 6.07) is 2.68. The summed E-state index contributed by atoms with van der Waals surface area (Å²) in [5, 5.41) is 7.17. The molecular formula is C16H19N3O4S. The van der Waals surface area contributed by atoms with Gasteiger partial charge in [0.15, 0.2) is 0 Å². The highest BCUT2D eigenvalue weighted by atomic mass is 32.1. The molecule has 2 aromatic rings. The molecule has 0 saturated carbocycles. The summed E-state index contributed by atoms with van der Waals surface area (Å²) in [7, 11) is 1.29. The lowest BCUT2D eigenvalue weighted by Crippen LogP contribution is -2.26. The molecule has 0 saturated heterocycles. The molecule has 0 bridgehead atoms. The third-order valence-corrected chi connectivity index (χ3v) is 4.66. The third kappa shape index (κ3) is 3.53. The Morgan fingerprint density at radius 1 is 1.33 bits per heavy atom. The van der Waals surface area contributed by atoms with E-state index in [1.165, 1.54) is 35.3 Å². The molecular weight excluding hydrogens is 330 g/mol. The maximum atomic E-state index is 12.4. The molecule has 0 aliphatic rings. The second kappa shape index (κ2) is 7.39. The fourth-order valence-electron chi connectivity index (χ4n) is 2.17. The molecule has 8 heteroatoms. The lowest BCUT2D eigenvalue weighted by atomic mass is 10.1. The van der Waals surface area contributed by atoms with E-state index in [4.69, 9.17) is 4.74 Å². The molecule has 0 aliphatic carbocycles.